The molecule has 1 aromatic carbocycles. The standard InChI is InChI=1S/C13H7BrCl2N2O3/c14-8-3-1-6(13(20)21)5-9(8)17-12(19)7-2-4-10(15)18-11(7)16/h1-5H,(H,17,19)(H,20,21). The highest BCUT2D eigenvalue weighted by Gasteiger charge is 2.15. The fraction of sp³-hybridized carbons (Fsp3) is 0. The average Bonchev–Trinajstić information content (AvgIpc) is 2.40. The Hall–Kier alpha value is -1.63. The van der Waals surface area contributed by atoms with Gasteiger partial charge < -0.3 is 10.4 Å². The lowest BCUT2D eigenvalue weighted by Gasteiger charge is -2.09. The lowest BCUT2D eigenvalue weighted by molar-refractivity contribution is 0.0696. The summed E-state index contributed by atoms with van der Waals surface area (Å²) in [6, 6.07) is 7.15. The van der Waals surface area contributed by atoms with E-state index in [1.54, 1.807) is 0 Å². The minimum Gasteiger partial charge on any atom is -0.478 e. The minimum atomic E-state index is -1.09. The molecule has 0 aliphatic rings. The van der Waals surface area contributed by atoms with Crippen molar-refractivity contribution >= 4 is 56.7 Å². The van der Waals surface area contributed by atoms with Crippen molar-refractivity contribution in [3.05, 3.63) is 56.2 Å². The smallest absolute Gasteiger partial charge is 0.335 e. The molecule has 0 unspecified atom stereocenters. The number of hydrogen-bond acceptors (Lipinski definition) is 3. The number of nitrogens with zero attached hydrogens (tertiary/aromatic N) is 1. The highest BCUT2D eigenvalue weighted by Crippen LogP contribution is 2.25. The molecule has 0 saturated carbocycles. The number of nitrogens with one attached hydrogen (secondary N) is 1. The van der Waals surface area contributed by atoms with Gasteiger partial charge >= 0.3 is 5.97 Å². The van der Waals surface area contributed by atoms with Gasteiger partial charge in [-0.2, -0.15) is 0 Å². The largest absolute Gasteiger partial charge is 0.478 e. The van der Waals surface area contributed by atoms with Gasteiger partial charge in [-0.3, -0.25) is 4.79 Å². The van der Waals surface area contributed by atoms with E-state index >= 15 is 0 Å². The van der Waals surface area contributed by atoms with Gasteiger partial charge in [-0.05, 0) is 46.3 Å². The Morgan fingerprint density at radius 3 is 2.52 bits per heavy atom. The van der Waals surface area contributed by atoms with E-state index in [1.807, 2.05) is 0 Å². The van der Waals surface area contributed by atoms with Gasteiger partial charge in [0.15, 0.2) is 0 Å². The van der Waals surface area contributed by atoms with Crippen molar-refractivity contribution in [2.75, 3.05) is 5.32 Å². The summed E-state index contributed by atoms with van der Waals surface area (Å²) in [4.78, 5) is 26.8. The maximum absolute atomic E-state index is 12.1. The third-order valence-corrected chi connectivity index (χ3v) is 3.71. The van der Waals surface area contributed by atoms with E-state index in [9.17, 15) is 9.59 Å². The van der Waals surface area contributed by atoms with Crippen molar-refractivity contribution in [1.82, 2.24) is 4.98 Å². The van der Waals surface area contributed by atoms with Gasteiger partial charge in [0.05, 0.1) is 16.8 Å². The Balaban J connectivity index is 2.31. The molecule has 0 saturated heterocycles. The van der Waals surface area contributed by atoms with Crippen molar-refractivity contribution in [2.24, 2.45) is 0 Å². The number of amides is 1. The topological polar surface area (TPSA) is 79.3 Å². The number of pyridine rings is 1. The Labute approximate surface area is 138 Å². The predicted octanol–water partition coefficient (Wildman–Crippen LogP) is 4.10. The molecule has 5 nitrogen and oxygen atoms in total. The fourth-order valence-corrected chi connectivity index (χ4v) is 2.30. The Bertz CT molecular complexity index is 737. The Morgan fingerprint density at radius 1 is 1.19 bits per heavy atom. The summed E-state index contributed by atoms with van der Waals surface area (Å²) in [5.41, 5.74) is 0.494. The summed E-state index contributed by atoms with van der Waals surface area (Å²) in [6.45, 7) is 0. The van der Waals surface area contributed by atoms with Crippen LogP contribution < -0.4 is 5.32 Å². The molecule has 0 spiro atoms. The molecular weight excluding hydrogens is 383 g/mol. The van der Waals surface area contributed by atoms with Crippen LogP contribution in [0, 0.1) is 0 Å². The summed E-state index contributed by atoms with van der Waals surface area (Å²) in [6.07, 6.45) is 0. The van der Waals surface area contributed by atoms with Crippen molar-refractivity contribution in [3.8, 4) is 0 Å². The number of carboxylic acids is 1. The molecule has 1 heterocycles. The van der Waals surface area contributed by atoms with Crippen LogP contribution in [0.2, 0.25) is 10.3 Å². The lowest BCUT2D eigenvalue weighted by Crippen LogP contribution is -2.14. The molecule has 0 bridgehead atoms. The van der Waals surface area contributed by atoms with Crippen LogP contribution in [-0.4, -0.2) is 22.0 Å². The maximum atomic E-state index is 12.1. The molecule has 1 aromatic heterocycles. The van der Waals surface area contributed by atoms with Gasteiger partial charge in [-0.1, -0.05) is 23.2 Å². The van der Waals surface area contributed by atoms with Crippen LogP contribution in [0.5, 0.6) is 0 Å². The van der Waals surface area contributed by atoms with Crippen molar-refractivity contribution in [2.45, 2.75) is 0 Å². The number of benzene rings is 1. The second kappa shape index (κ2) is 6.43. The van der Waals surface area contributed by atoms with Gasteiger partial charge in [0.25, 0.3) is 5.91 Å². The first-order valence-electron chi connectivity index (χ1n) is 5.54. The molecule has 0 aliphatic heterocycles. The average molecular weight is 390 g/mol. The van der Waals surface area contributed by atoms with E-state index in [-0.39, 0.29) is 21.4 Å². The molecule has 2 aromatic rings. The van der Waals surface area contributed by atoms with E-state index in [4.69, 9.17) is 28.3 Å². The Morgan fingerprint density at radius 2 is 1.90 bits per heavy atom. The number of carboxylic acid groups (broad SMARTS) is 1. The van der Waals surface area contributed by atoms with Crippen molar-refractivity contribution in [1.29, 1.82) is 0 Å². The first-order chi connectivity index (χ1) is 9.88. The third kappa shape index (κ3) is 3.72. The number of aromatic nitrogens is 1. The van der Waals surface area contributed by atoms with Crippen LogP contribution >= 0.6 is 39.1 Å². The second-order valence-electron chi connectivity index (χ2n) is 3.93. The SMILES string of the molecule is O=C(O)c1ccc(Br)c(NC(=O)c2ccc(Cl)nc2Cl)c1. The number of hydrogen-bond donors (Lipinski definition) is 2. The molecule has 8 heteroatoms. The predicted molar refractivity (Wildman–Crippen MR) is 83.3 cm³/mol. The first-order valence-corrected chi connectivity index (χ1v) is 7.09. The first kappa shape index (κ1) is 15.8. The van der Waals surface area contributed by atoms with Gasteiger partial charge in [0, 0.05) is 4.47 Å². The zero-order valence-corrected chi connectivity index (χ0v) is 13.3. The summed E-state index contributed by atoms with van der Waals surface area (Å²) in [7, 11) is 0. The molecule has 108 valence electrons. The number of carbonyl (C=O) groups excluding carboxylic acids is 1. The van der Waals surface area contributed by atoms with Gasteiger partial charge in [0.1, 0.15) is 10.3 Å². The molecule has 0 fully saturated rings. The van der Waals surface area contributed by atoms with E-state index in [1.165, 1.54) is 30.3 Å². The van der Waals surface area contributed by atoms with E-state index < -0.39 is 11.9 Å². The molecular formula is C13H7BrCl2N2O3. The summed E-state index contributed by atoms with van der Waals surface area (Å²) in [5.74, 6) is -1.61. The molecule has 0 aliphatic carbocycles. The van der Waals surface area contributed by atoms with Crippen LogP contribution in [-0.2, 0) is 0 Å². The number of carbonyl (C=O) groups is 2. The van der Waals surface area contributed by atoms with Crippen molar-refractivity contribution < 1.29 is 14.7 Å². The van der Waals surface area contributed by atoms with Crippen LogP contribution in [0.1, 0.15) is 20.7 Å². The van der Waals surface area contributed by atoms with Gasteiger partial charge in [-0.15, -0.1) is 0 Å². The number of aromatic carboxylic acids is 1. The van der Waals surface area contributed by atoms with Crippen LogP contribution in [0.25, 0.3) is 0 Å². The number of anilines is 1. The van der Waals surface area contributed by atoms with Crippen LogP contribution in [0.3, 0.4) is 0 Å². The van der Waals surface area contributed by atoms with Gasteiger partial charge in [-0.25, -0.2) is 9.78 Å². The number of rotatable bonds is 3. The van der Waals surface area contributed by atoms with E-state index in [2.05, 4.69) is 26.2 Å². The van der Waals surface area contributed by atoms with E-state index in [0.717, 1.165) is 0 Å². The number of halogens is 3. The molecule has 0 atom stereocenters. The normalized spacial score (nSPS) is 10.2. The summed E-state index contributed by atoms with van der Waals surface area (Å²) < 4.78 is 0.541. The molecule has 21 heavy (non-hydrogen) atoms. The quantitative estimate of drug-likeness (QED) is 0.774. The molecule has 1 amide bonds. The monoisotopic (exact) mass is 388 g/mol. The third-order valence-electron chi connectivity index (χ3n) is 2.52. The highest BCUT2D eigenvalue weighted by molar-refractivity contribution is 9.10. The maximum Gasteiger partial charge on any atom is 0.335 e. The van der Waals surface area contributed by atoms with Crippen molar-refractivity contribution in [3.63, 3.8) is 0 Å². The zero-order valence-electron chi connectivity index (χ0n) is 10.2. The summed E-state index contributed by atoms with van der Waals surface area (Å²) >= 11 is 14.7. The zero-order chi connectivity index (χ0) is 15.6. The Kier molecular flexibility index (Phi) is 4.82. The fourth-order valence-electron chi connectivity index (χ4n) is 1.53. The molecule has 0 radical (unpaired) electrons. The van der Waals surface area contributed by atoms with E-state index in [0.29, 0.717) is 10.2 Å². The molecule has 2 rings (SSSR count). The summed E-state index contributed by atoms with van der Waals surface area (Å²) in [5, 5.41) is 11.7. The van der Waals surface area contributed by atoms with Gasteiger partial charge in [0.2, 0.25) is 0 Å². The molecule has 2 N–H and O–H groups in total. The van der Waals surface area contributed by atoms with Crippen LogP contribution in [0.15, 0.2) is 34.8 Å². The lowest BCUT2D eigenvalue weighted by atomic mass is 10.2. The highest BCUT2D eigenvalue weighted by atomic mass is 79.9. The van der Waals surface area contributed by atoms with Crippen LogP contribution in [0.4, 0.5) is 5.69 Å². The minimum absolute atomic E-state index is 0.0366. The second-order valence-corrected chi connectivity index (χ2v) is 5.53.